The third-order valence-corrected chi connectivity index (χ3v) is 5.80. The van der Waals surface area contributed by atoms with Gasteiger partial charge in [0.15, 0.2) is 0 Å². The monoisotopic (exact) mass is 375 g/mol. The fourth-order valence-corrected chi connectivity index (χ4v) is 4.78. The molecule has 1 spiro atoms. The average Bonchev–Trinajstić information content (AvgIpc) is 3.13. The smallest absolute Gasteiger partial charge is 0.250 e. The number of likely N-dealkylation sites (tertiary alicyclic amines) is 1. The quantitative estimate of drug-likeness (QED) is 0.629. The van der Waals surface area contributed by atoms with Crippen molar-refractivity contribution in [1.29, 1.82) is 0 Å². The molecule has 0 aromatic heterocycles. The first-order valence-electron chi connectivity index (χ1n) is 8.95. The lowest BCUT2D eigenvalue weighted by molar-refractivity contribution is -0.148. The van der Waals surface area contributed by atoms with Crippen LogP contribution >= 0.6 is 0 Å². The van der Waals surface area contributed by atoms with Gasteiger partial charge < -0.3 is 10.4 Å². The molecule has 3 aliphatic rings. The second kappa shape index (κ2) is 5.36. The zero-order chi connectivity index (χ0) is 19.9. The summed E-state index contributed by atoms with van der Waals surface area (Å²) in [4.78, 5) is 40.7. The first-order chi connectivity index (χ1) is 12.5. The number of nitrogens with one attached hydrogen (secondary N) is 2. The van der Waals surface area contributed by atoms with Crippen molar-refractivity contribution in [2.75, 3.05) is 5.32 Å². The minimum atomic E-state index is -1.59. The molecular weight excluding hydrogens is 353 g/mol. The average molecular weight is 375 g/mol. The standard InChI is InChI=1S/C19H22FN3O4/c1-8(24)14-12-13(16(26)23(15(12)25)18(2,3)4)19(22-14)10-7-9(20)5-6-11(10)21-17(19)27/h5-8,12-14,22,24H,1-4H3,(H,21,27)/t8-,12-,13-,14+,19+/m0/s1. The SMILES string of the molecule is C[C@H](O)[C@H]1N[C@@]2(C(=O)Nc3ccc(F)cc32)[C@@H]2C(=O)N(C(C)(C)C)C(=O)[C@H]12. The largest absolute Gasteiger partial charge is 0.392 e. The van der Waals surface area contributed by atoms with Crippen LogP contribution in [0.4, 0.5) is 10.1 Å². The summed E-state index contributed by atoms with van der Waals surface area (Å²) in [5.41, 5.74) is -1.67. The number of anilines is 1. The van der Waals surface area contributed by atoms with Crippen LogP contribution in [0.25, 0.3) is 0 Å². The van der Waals surface area contributed by atoms with Crippen molar-refractivity contribution in [3.63, 3.8) is 0 Å². The van der Waals surface area contributed by atoms with E-state index in [4.69, 9.17) is 0 Å². The summed E-state index contributed by atoms with van der Waals surface area (Å²) in [5, 5.41) is 16.0. The number of halogens is 1. The van der Waals surface area contributed by atoms with Crippen LogP contribution in [0, 0.1) is 17.7 Å². The lowest BCUT2D eigenvalue weighted by Gasteiger charge is -2.35. The van der Waals surface area contributed by atoms with Crippen LogP contribution in [0.2, 0.25) is 0 Å². The molecule has 0 bridgehead atoms. The number of rotatable bonds is 1. The number of carbonyl (C=O) groups is 3. The Labute approximate surface area is 155 Å². The first kappa shape index (κ1) is 18.1. The zero-order valence-corrected chi connectivity index (χ0v) is 15.5. The van der Waals surface area contributed by atoms with Crippen LogP contribution in [-0.2, 0) is 19.9 Å². The Hall–Kier alpha value is -2.32. The Morgan fingerprint density at radius 1 is 1.22 bits per heavy atom. The highest BCUT2D eigenvalue weighted by Gasteiger charge is 2.72. The van der Waals surface area contributed by atoms with E-state index < -0.39 is 58.6 Å². The molecule has 0 saturated carbocycles. The molecule has 1 aromatic rings. The lowest BCUT2D eigenvalue weighted by Crippen LogP contribution is -2.57. The van der Waals surface area contributed by atoms with Crippen molar-refractivity contribution in [3.8, 4) is 0 Å². The summed E-state index contributed by atoms with van der Waals surface area (Å²) in [6.45, 7) is 6.72. The van der Waals surface area contributed by atoms with Gasteiger partial charge in [0.1, 0.15) is 11.4 Å². The lowest BCUT2D eigenvalue weighted by atomic mass is 9.76. The van der Waals surface area contributed by atoms with E-state index >= 15 is 0 Å². The number of hydrogen-bond acceptors (Lipinski definition) is 5. The highest BCUT2D eigenvalue weighted by Crippen LogP contribution is 2.54. The van der Waals surface area contributed by atoms with Gasteiger partial charge in [-0.25, -0.2) is 4.39 Å². The normalized spacial score (nSPS) is 33.5. The molecule has 27 heavy (non-hydrogen) atoms. The number of fused-ring (bicyclic) bond motifs is 4. The third-order valence-electron chi connectivity index (χ3n) is 5.80. The molecule has 2 fully saturated rings. The molecular formula is C19H22FN3O4. The topological polar surface area (TPSA) is 98.7 Å². The maximum absolute atomic E-state index is 14.0. The van der Waals surface area contributed by atoms with Crippen molar-refractivity contribution < 1.29 is 23.9 Å². The third kappa shape index (κ3) is 2.17. The van der Waals surface area contributed by atoms with E-state index in [9.17, 15) is 23.9 Å². The number of imide groups is 1. The predicted molar refractivity (Wildman–Crippen MR) is 93.9 cm³/mol. The van der Waals surface area contributed by atoms with Crippen LogP contribution in [0.5, 0.6) is 0 Å². The molecule has 5 atom stereocenters. The van der Waals surface area contributed by atoms with Crippen LogP contribution in [0.15, 0.2) is 18.2 Å². The van der Waals surface area contributed by atoms with Crippen molar-refractivity contribution in [2.45, 2.75) is 50.9 Å². The Kier molecular flexibility index (Phi) is 3.58. The van der Waals surface area contributed by atoms with Crippen LogP contribution in [0.3, 0.4) is 0 Å². The fraction of sp³-hybridized carbons (Fsp3) is 0.526. The number of amides is 3. The number of benzene rings is 1. The van der Waals surface area contributed by atoms with Gasteiger partial charge in [0, 0.05) is 22.8 Å². The number of carbonyl (C=O) groups excluding carboxylic acids is 3. The first-order valence-corrected chi connectivity index (χ1v) is 8.95. The molecule has 3 aliphatic heterocycles. The molecule has 4 rings (SSSR count). The van der Waals surface area contributed by atoms with Gasteiger partial charge in [-0.05, 0) is 45.9 Å². The highest BCUT2D eigenvalue weighted by molar-refractivity contribution is 6.15. The maximum Gasteiger partial charge on any atom is 0.250 e. The molecule has 144 valence electrons. The molecule has 3 heterocycles. The van der Waals surface area contributed by atoms with Gasteiger partial charge in [-0.3, -0.25) is 24.6 Å². The maximum atomic E-state index is 14.0. The number of nitrogens with zero attached hydrogens (tertiary/aromatic N) is 1. The molecule has 0 radical (unpaired) electrons. The molecule has 0 unspecified atom stereocenters. The van der Waals surface area contributed by atoms with Crippen molar-refractivity contribution in [2.24, 2.45) is 11.8 Å². The van der Waals surface area contributed by atoms with E-state index in [1.165, 1.54) is 30.0 Å². The van der Waals surface area contributed by atoms with Gasteiger partial charge in [0.25, 0.3) is 0 Å². The van der Waals surface area contributed by atoms with E-state index in [1.54, 1.807) is 20.8 Å². The predicted octanol–water partition coefficient (Wildman–Crippen LogP) is 0.725. The van der Waals surface area contributed by atoms with E-state index in [0.717, 1.165) is 0 Å². The minimum Gasteiger partial charge on any atom is -0.392 e. The number of hydrogen-bond donors (Lipinski definition) is 3. The summed E-state index contributed by atoms with van der Waals surface area (Å²) < 4.78 is 14.0. The Bertz CT molecular complexity index is 878. The fourth-order valence-electron chi connectivity index (χ4n) is 4.78. The zero-order valence-electron chi connectivity index (χ0n) is 15.5. The Morgan fingerprint density at radius 2 is 1.89 bits per heavy atom. The van der Waals surface area contributed by atoms with Crippen molar-refractivity contribution in [3.05, 3.63) is 29.6 Å². The Morgan fingerprint density at radius 3 is 2.48 bits per heavy atom. The summed E-state index contributed by atoms with van der Waals surface area (Å²) in [5.74, 6) is -3.93. The van der Waals surface area contributed by atoms with E-state index in [2.05, 4.69) is 10.6 Å². The second-order valence-electron chi connectivity index (χ2n) is 8.55. The van der Waals surface area contributed by atoms with Crippen LogP contribution < -0.4 is 10.6 Å². The number of aliphatic hydroxyl groups excluding tert-OH is 1. The molecule has 0 aliphatic carbocycles. The van der Waals surface area contributed by atoms with Gasteiger partial charge in [0.05, 0.1) is 17.9 Å². The van der Waals surface area contributed by atoms with Crippen molar-refractivity contribution in [1.82, 2.24) is 10.2 Å². The van der Waals surface area contributed by atoms with Crippen molar-refractivity contribution >= 4 is 23.4 Å². The van der Waals surface area contributed by atoms with E-state index in [1.807, 2.05) is 0 Å². The van der Waals surface area contributed by atoms with Gasteiger partial charge in [0.2, 0.25) is 17.7 Å². The van der Waals surface area contributed by atoms with E-state index in [-0.39, 0.29) is 0 Å². The van der Waals surface area contributed by atoms with Gasteiger partial charge >= 0.3 is 0 Å². The molecule has 1 aromatic carbocycles. The summed E-state index contributed by atoms with van der Waals surface area (Å²) in [6, 6.07) is 3.06. The molecule has 2 saturated heterocycles. The summed E-state index contributed by atoms with van der Waals surface area (Å²) in [6.07, 6.45) is -0.987. The molecule has 7 nitrogen and oxygen atoms in total. The van der Waals surface area contributed by atoms with Crippen LogP contribution in [0.1, 0.15) is 33.3 Å². The minimum absolute atomic E-state index is 0.294. The summed E-state index contributed by atoms with van der Waals surface area (Å²) >= 11 is 0. The van der Waals surface area contributed by atoms with Gasteiger partial charge in [-0.1, -0.05) is 0 Å². The molecule has 3 amide bonds. The van der Waals surface area contributed by atoms with Gasteiger partial charge in [-0.15, -0.1) is 0 Å². The van der Waals surface area contributed by atoms with E-state index in [0.29, 0.717) is 11.3 Å². The van der Waals surface area contributed by atoms with Crippen LogP contribution in [-0.4, -0.2) is 45.4 Å². The highest BCUT2D eigenvalue weighted by atomic mass is 19.1. The van der Waals surface area contributed by atoms with Gasteiger partial charge in [-0.2, -0.15) is 0 Å². The Balaban J connectivity index is 1.95. The molecule has 3 N–H and O–H groups in total. The summed E-state index contributed by atoms with van der Waals surface area (Å²) in [7, 11) is 0. The molecule has 8 heteroatoms. The second-order valence-corrected chi connectivity index (χ2v) is 8.55. The number of aliphatic hydroxyl groups is 1.